The van der Waals surface area contributed by atoms with Gasteiger partial charge in [0.2, 0.25) is 0 Å². The molecule has 1 fully saturated rings. The lowest BCUT2D eigenvalue weighted by atomic mass is 10.0. The van der Waals surface area contributed by atoms with Crippen molar-refractivity contribution in [3.8, 4) is 0 Å². The van der Waals surface area contributed by atoms with Gasteiger partial charge >= 0.3 is 6.09 Å². The molecule has 6 heteroatoms. The van der Waals surface area contributed by atoms with Crippen molar-refractivity contribution >= 4 is 6.09 Å². The Bertz CT molecular complexity index is 464. The maximum atomic E-state index is 14.1. The quantitative estimate of drug-likeness (QED) is 0.865. The highest BCUT2D eigenvalue weighted by Gasteiger charge is 2.25. The zero-order valence-electron chi connectivity index (χ0n) is 12.3. The number of alkyl carbamates (subject to hydrolysis) is 1. The van der Waals surface area contributed by atoms with Gasteiger partial charge in [-0.1, -0.05) is 18.2 Å². The molecule has 1 saturated heterocycles. The van der Waals surface area contributed by atoms with E-state index in [-0.39, 0.29) is 11.9 Å². The van der Waals surface area contributed by atoms with Crippen LogP contribution in [0.3, 0.4) is 0 Å². The maximum Gasteiger partial charge on any atom is 0.407 e. The predicted octanol–water partition coefficient (Wildman–Crippen LogP) is 1.52. The SMILES string of the molecule is CCOC(=O)NCC(c1ccccc1F)N1CCNCC1. The number of hydrogen-bond donors (Lipinski definition) is 2. The number of ether oxygens (including phenoxy) is 1. The smallest absolute Gasteiger partial charge is 0.407 e. The predicted molar refractivity (Wildman–Crippen MR) is 78.6 cm³/mol. The minimum atomic E-state index is -0.464. The van der Waals surface area contributed by atoms with Crippen LogP contribution >= 0.6 is 0 Å². The fraction of sp³-hybridized carbons (Fsp3) is 0.533. The number of rotatable bonds is 5. The van der Waals surface area contributed by atoms with Crippen LogP contribution in [-0.4, -0.2) is 50.3 Å². The Hall–Kier alpha value is -1.66. The zero-order valence-corrected chi connectivity index (χ0v) is 12.3. The molecule has 2 N–H and O–H groups in total. The molecule has 1 aliphatic heterocycles. The standard InChI is InChI=1S/C15H22FN3O2/c1-2-21-15(20)18-11-14(19-9-7-17-8-10-19)12-5-3-4-6-13(12)16/h3-6,14,17H,2,7-11H2,1H3,(H,18,20). The van der Waals surface area contributed by atoms with Crippen LogP contribution in [0.2, 0.25) is 0 Å². The van der Waals surface area contributed by atoms with Gasteiger partial charge in [0.25, 0.3) is 0 Å². The topological polar surface area (TPSA) is 53.6 Å². The van der Waals surface area contributed by atoms with Crippen molar-refractivity contribution in [3.05, 3.63) is 35.6 Å². The molecule has 5 nitrogen and oxygen atoms in total. The minimum absolute atomic E-state index is 0.183. The maximum absolute atomic E-state index is 14.1. The summed E-state index contributed by atoms with van der Waals surface area (Å²) in [5, 5.41) is 5.99. The number of benzene rings is 1. The Kier molecular flexibility index (Phi) is 5.95. The van der Waals surface area contributed by atoms with E-state index in [4.69, 9.17) is 4.74 Å². The highest BCUT2D eigenvalue weighted by atomic mass is 19.1. The van der Waals surface area contributed by atoms with Crippen molar-refractivity contribution < 1.29 is 13.9 Å². The van der Waals surface area contributed by atoms with E-state index >= 15 is 0 Å². The van der Waals surface area contributed by atoms with E-state index < -0.39 is 6.09 Å². The van der Waals surface area contributed by atoms with E-state index in [1.807, 2.05) is 6.07 Å². The molecule has 0 radical (unpaired) electrons. The molecule has 1 aliphatic rings. The Labute approximate surface area is 124 Å². The number of nitrogens with one attached hydrogen (secondary N) is 2. The second-order valence-electron chi connectivity index (χ2n) is 4.92. The van der Waals surface area contributed by atoms with Gasteiger partial charge in [0.15, 0.2) is 0 Å². The lowest BCUT2D eigenvalue weighted by Crippen LogP contribution is -2.48. The van der Waals surface area contributed by atoms with Crippen LogP contribution < -0.4 is 10.6 Å². The monoisotopic (exact) mass is 295 g/mol. The van der Waals surface area contributed by atoms with Gasteiger partial charge in [-0.2, -0.15) is 0 Å². The summed E-state index contributed by atoms with van der Waals surface area (Å²) in [5.74, 6) is -0.244. The van der Waals surface area contributed by atoms with Crippen molar-refractivity contribution in [2.45, 2.75) is 13.0 Å². The molecule has 116 valence electrons. The fourth-order valence-electron chi connectivity index (χ4n) is 2.54. The molecule has 1 atom stereocenters. The first-order chi connectivity index (χ1) is 10.2. The van der Waals surface area contributed by atoms with Gasteiger partial charge in [-0.05, 0) is 13.0 Å². The average Bonchev–Trinajstić information content (AvgIpc) is 2.50. The van der Waals surface area contributed by atoms with Gasteiger partial charge in [0.1, 0.15) is 5.82 Å². The first-order valence-electron chi connectivity index (χ1n) is 7.32. The summed E-state index contributed by atoms with van der Waals surface area (Å²) >= 11 is 0. The fourth-order valence-corrected chi connectivity index (χ4v) is 2.54. The van der Waals surface area contributed by atoms with E-state index in [1.165, 1.54) is 6.07 Å². The van der Waals surface area contributed by atoms with Crippen molar-refractivity contribution in [1.82, 2.24) is 15.5 Å². The van der Waals surface area contributed by atoms with Crippen LogP contribution in [0.25, 0.3) is 0 Å². The summed E-state index contributed by atoms with van der Waals surface area (Å²) in [4.78, 5) is 13.7. The first kappa shape index (κ1) is 15.7. The number of hydrogen-bond acceptors (Lipinski definition) is 4. The Morgan fingerprint density at radius 2 is 2.14 bits per heavy atom. The summed E-state index contributed by atoms with van der Waals surface area (Å²) in [7, 11) is 0. The number of amides is 1. The Morgan fingerprint density at radius 1 is 1.43 bits per heavy atom. The van der Waals surface area contributed by atoms with Crippen molar-refractivity contribution in [1.29, 1.82) is 0 Å². The molecule has 21 heavy (non-hydrogen) atoms. The third-order valence-corrected chi connectivity index (χ3v) is 3.57. The number of halogens is 1. The van der Waals surface area contributed by atoms with Crippen LogP contribution in [0, 0.1) is 5.82 Å². The van der Waals surface area contributed by atoms with Crippen LogP contribution in [-0.2, 0) is 4.74 Å². The first-order valence-corrected chi connectivity index (χ1v) is 7.32. The normalized spacial score (nSPS) is 17.2. The number of nitrogens with zero attached hydrogens (tertiary/aromatic N) is 1. The lowest BCUT2D eigenvalue weighted by Gasteiger charge is -2.35. The van der Waals surface area contributed by atoms with Gasteiger partial charge in [0.05, 0.1) is 12.6 Å². The van der Waals surface area contributed by atoms with Crippen LogP contribution in [0.1, 0.15) is 18.5 Å². The molecule has 0 spiro atoms. The van der Waals surface area contributed by atoms with Crippen LogP contribution in [0.4, 0.5) is 9.18 Å². The van der Waals surface area contributed by atoms with E-state index in [2.05, 4.69) is 15.5 Å². The highest BCUT2D eigenvalue weighted by Crippen LogP contribution is 2.23. The van der Waals surface area contributed by atoms with Gasteiger partial charge in [-0.15, -0.1) is 0 Å². The third kappa shape index (κ3) is 4.41. The van der Waals surface area contributed by atoms with Gasteiger partial charge < -0.3 is 15.4 Å². The molecule has 1 aromatic rings. The van der Waals surface area contributed by atoms with E-state index in [1.54, 1.807) is 19.1 Å². The second kappa shape index (κ2) is 7.95. The molecule has 1 amide bonds. The van der Waals surface area contributed by atoms with E-state index in [9.17, 15) is 9.18 Å². The lowest BCUT2D eigenvalue weighted by molar-refractivity contribution is 0.137. The molecule has 0 aliphatic carbocycles. The summed E-state index contributed by atoms with van der Waals surface area (Å²) in [5.41, 5.74) is 0.608. The number of carbonyl (C=O) groups is 1. The second-order valence-corrected chi connectivity index (χ2v) is 4.92. The zero-order chi connectivity index (χ0) is 15.1. The Morgan fingerprint density at radius 3 is 2.81 bits per heavy atom. The molecule has 0 aromatic heterocycles. The summed E-state index contributed by atoms with van der Waals surface area (Å²) in [6.07, 6.45) is -0.464. The van der Waals surface area contributed by atoms with Crippen molar-refractivity contribution in [3.63, 3.8) is 0 Å². The summed E-state index contributed by atoms with van der Waals surface area (Å²) in [6.45, 7) is 5.79. The molecule has 0 saturated carbocycles. The third-order valence-electron chi connectivity index (χ3n) is 3.57. The summed E-state index contributed by atoms with van der Waals surface area (Å²) in [6, 6.07) is 6.53. The largest absolute Gasteiger partial charge is 0.450 e. The van der Waals surface area contributed by atoms with Crippen molar-refractivity contribution in [2.24, 2.45) is 0 Å². The molecule has 1 unspecified atom stereocenters. The van der Waals surface area contributed by atoms with Crippen molar-refractivity contribution in [2.75, 3.05) is 39.3 Å². The molecule has 2 rings (SSSR count). The highest BCUT2D eigenvalue weighted by molar-refractivity contribution is 5.67. The van der Waals surface area contributed by atoms with Gasteiger partial charge in [-0.25, -0.2) is 9.18 Å². The molecular formula is C15H22FN3O2. The Balaban J connectivity index is 2.10. The van der Waals surface area contributed by atoms with Crippen LogP contribution in [0.5, 0.6) is 0 Å². The average molecular weight is 295 g/mol. The van der Waals surface area contributed by atoms with E-state index in [0.29, 0.717) is 18.7 Å². The molecular weight excluding hydrogens is 273 g/mol. The van der Waals surface area contributed by atoms with E-state index in [0.717, 1.165) is 26.2 Å². The molecule has 1 heterocycles. The van der Waals surface area contributed by atoms with Gasteiger partial charge in [0, 0.05) is 38.3 Å². The summed E-state index contributed by atoms with van der Waals surface area (Å²) < 4.78 is 19.0. The van der Waals surface area contributed by atoms with Gasteiger partial charge in [-0.3, -0.25) is 4.90 Å². The number of piperazine rings is 1. The molecule has 0 bridgehead atoms. The number of carbonyl (C=O) groups excluding carboxylic acids is 1. The van der Waals surface area contributed by atoms with Crippen LogP contribution in [0.15, 0.2) is 24.3 Å². The molecule has 1 aromatic carbocycles. The minimum Gasteiger partial charge on any atom is -0.450 e.